The molecule has 1 aromatic carbocycles. The highest BCUT2D eigenvalue weighted by atomic mass is 35.5. The fraction of sp³-hybridized carbons (Fsp3) is 0.400. The van der Waals surface area contributed by atoms with E-state index in [2.05, 4.69) is 9.88 Å². The Balaban J connectivity index is 1.67. The summed E-state index contributed by atoms with van der Waals surface area (Å²) in [6.07, 6.45) is 0. The number of carbonyl (C=O) groups is 1. The van der Waals surface area contributed by atoms with Crippen LogP contribution in [0.5, 0.6) is 11.5 Å². The average molecular weight is 390 g/mol. The number of benzene rings is 1. The van der Waals surface area contributed by atoms with Crippen molar-refractivity contribution in [3.8, 4) is 11.5 Å². The molecule has 6 nitrogen and oxygen atoms in total. The van der Waals surface area contributed by atoms with Crippen molar-refractivity contribution in [3.63, 3.8) is 0 Å². The lowest BCUT2D eigenvalue weighted by Gasteiger charge is -2.35. The summed E-state index contributed by atoms with van der Waals surface area (Å²) in [7, 11) is 0. The van der Waals surface area contributed by atoms with Gasteiger partial charge in [0.05, 0.1) is 13.2 Å². The third-order valence-corrected chi connectivity index (χ3v) is 4.59. The largest absolute Gasteiger partial charge is 0.490 e. The molecule has 1 saturated heterocycles. The average Bonchev–Trinajstić information content (AvgIpc) is 2.69. The van der Waals surface area contributed by atoms with E-state index in [-0.39, 0.29) is 5.91 Å². The second-order valence-corrected chi connectivity index (χ2v) is 6.51. The van der Waals surface area contributed by atoms with Crippen LogP contribution in [0.2, 0.25) is 5.15 Å². The Hall–Kier alpha value is -2.47. The molecular weight excluding hydrogens is 366 g/mol. The fourth-order valence-electron chi connectivity index (χ4n) is 3.08. The van der Waals surface area contributed by atoms with Crippen LogP contribution in [0.3, 0.4) is 0 Å². The Bertz CT molecular complexity index is 792. The number of pyridine rings is 1. The van der Waals surface area contributed by atoms with Gasteiger partial charge in [0.25, 0.3) is 5.91 Å². The molecule has 0 saturated carbocycles. The van der Waals surface area contributed by atoms with Gasteiger partial charge in [-0.05, 0) is 44.2 Å². The van der Waals surface area contributed by atoms with Crippen LogP contribution in [0.1, 0.15) is 24.2 Å². The molecule has 0 aliphatic carbocycles. The molecule has 1 amide bonds. The lowest BCUT2D eigenvalue weighted by atomic mass is 10.1. The van der Waals surface area contributed by atoms with Crippen molar-refractivity contribution >= 4 is 23.3 Å². The van der Waals surface area contributed by atoms with Crippen molar-refractivity contribution in [2.75, 3.05) is 44.3 Å². The van der Waals surface area contributed by atoms with Gasteiger partial charge >= 0.3 is 0 Å². The van der Waals surface area contributed by atoms with Gasteiger partial charge in [0, 0.05) is 31.7 Å². The van der Waals surface area contributed by atoms with Crippen LogP contribution in [0, 0.1) is 0 Å². The lowest BCUT2D eigenvalue weighted by Crippen LogP contribution is -2.49. The van der Waals surface area contributed by atoms with Crippen LogP contribution in [-0.4, -0.2) is 55.2 Å². The highest BCUT2D eigenvalue weighted by molar-refractivity contribution is 6.29. The quantitative estimate of drug-likeness (QED) is 0.708. The Morgan fingerprint density at radius 3 is 2.41 bits per heavy atom. The van der Waals surface area contributed by atoms with Crippen molar-refractivity contribution in [2.45, 2.75) is 13.8 Å². The van der Waals surface area contributed by atoms with Gasteiger partial charge < -0.3 is 19.3 Å². The number of carbonyl (C=O) groups excluding carboxylic acids is 1. The maximum Gasteiger partial charge on any atom is 0.254 e. The number of halogens is 1. The van der Waals surface area contributed by atoms with Crippen molar-refractivity contribution in [1.29, 1.82) is 0 Å². The maximum atomic E-state index is 12.9. The molecule has 0 spiro atoms. The van der Waals surface area contributed by atoms with E-state index in [1.165, 1.54) is 0 Å². The normalized spacial score (nSPS) is 14.2. The molecule has 1 aromatic heterocycles. The van der Waals surface area contributed by atoms with E-state index in [1.54, 1.807) is 24.3 Å². The second kappa shape index (κ2) is 8.95. The van der Waals surface area contributed by atoms with Crippen LogP contribution in [-0.2, 0) is 0 Å². The van der Waals surface area contributed by atoms with Gasteiger partial charge in [-0.2, -0.15) is 0 Å². The van der Waals surface area contributed by atoms with Gasteiger partial charge in [0.15, 0.2) is 11.5 Å². The number of rotatable bonds is 6. The van der Waals surface area contributed by atoms with Crippen LogP contribution < -0.4 is 14.4 Å². The first-order valence-corrected chi connectivity index (χ1v) is 9.56. The smallest absolute Gasteiger partial charge is 0.254 e. The molecule has 2 aromatic rings. The number of hydrogen-bond acceptors (Lipinski definition) is 5. The Labute approximate surface area is 164 Å². The van der Waals surface area contributed by atoms with Crippen molar-refractivity contribution in [1.82, 2.24) is 9.88 Å². The van der Waals surface area contributed by atoms with E-state index in [1.807, 2.05) is 30.9 Å². The van der Waals surface area contributed by atoms with E-state index in [0.29, 0.717) is 61.6 Å². The van der Waals surface area contributed by atoms with Gasteiger partial charge in [0.1, 0.15) is 11.0 Å². The molecule has 0 N–H and O–H groups in total. The van der Waals surface area contributed by atoms with E-state index in [4.69, 9.17) is 21.1 Å². The molecule has 1 fully saturated rings. The number of piperazine rings is 1. The zero-order valence-corrected chi connectivity index (χ0v) is 16.4. The van der Waals surface area contributed by atoms with Gasteiger partial charge in [-0.1, -0.05) is 17.7 Å². The summed E-state index contributed by atoms with van der Waals surface area (Å²) in [5.74, 6) is 2.10. The molecule has 7 heteroatoms. The predicted molar refractivity (Wildman–Crippen MR) is 106 cm³/mol. The SMILES string of the molecule is CCOc1ccc(C(=O)N2CCN(c3cccc(Cl)n3)CC2)cc1OCC. The highest BCUT2D eigenvalue weighted by Crippen LogP contribution is 2.29. The standard InChI is InChI=1S/C20H24ClN3O3/c1-3-26-16-9-8-15(14-17(16)27-4-2)20(25)24-12-10-23(11-13-24)19-7-5-6-18(21)22-19/h5-9,14H,3-4,10-13H2,1-2H3. The molecular formula is C20H24ClN3O3. The maximum absolute atomic E-state index is 12.9. The molecule has 1 aliphatic heterocycles. The molecule has 1 aliphatic rings. The summed E-state index contributed by atoms with van der Waals surface area (Å²) in [6.45, 7) is 7.59. The Morgan fingerprint density at radius 1 is 1.04 bits per heavy atom. The molecule has 0 atom stereocenters. The highest BCUT2D eigenvalue weighted by Gasteiger charge is 2.24. The van der Waals surface area contributed by atoms with E-state index >= 15 is 0 Å². The van der Waals surface area contributed by atoms with E-state index < -0.39 is 0 Å². The molecule has 0 unspecified atom stereocenters. The van der Waals surface area contributed by atoms with Gasteiger partial charge in [-0.15, -0.1) is 0 Å². The molecule has 0 radical (unpaired) electrons. The first kappa shape index (κ1) is 19.3. The van der Waals surface area contributed by atoms with Crippen LogP contribution >= 0.6 is 11.6 Å². The minimum absolute atomic E-state index is 0.00213. The summed E-state index contributed by atoms with van der Waals surface area (Å²) in [5.41, 5.74) is 0.608. The fourth-order valence-corrected chi connectivity index (χ4v) is 3.24. The minimum atomic E-state index is -0.00213. The minimum Gasteiger partial charge on any atom is -0.490 e. The number of hydrogen-bond donors (Lipinski definition) is 0. The number of amides is 1. The third-order valence-electron chi connectivity index (χ3n) is 4.38. The van der Waals surface area contributed by atoms with Gasteiger partial charge in [0.2, 0.25) is 0 Å². The van der Waals surface area contributed by atoms with Crippen molar-refractivity contribution in [2.24, 2.45) is 0 Å². The first-order valence-electron chi connectivity index (χ1n) is 9.18. The Morgan fingerprint density at radius 2 is 1.74 bits per heavy atom. The number of nitrogens with zero attached hydrogens (tertiary/aromatic N) is 3. The molecule has 144 valence electrons. The molecule has 3 rings (SSSR count). The monoisotopic (exact) mass is 389 g/mol. The number of aromatic nitrogens is 1. The number of anilines is 1. The molecule has 0 bridgehead atoms. The number of ether oxygens (including phenoxy) is 2. The summed E-state index contributed by atoms with van der Waals surface area (Å²) in [4.78, 5) is 21.2. The zero-order chi connectivity index (χ0) is 19.2. The summed E-state index contributed by atoms with van der Waals surface area (Å²) in [6, 6.07) is 10.9. The van der Waals surface area contributed by atoms with Crippen LogP contribution in [0.15, 0.2) is 36.4 Å². The van der Waals surface area contributed by atoms with Crippen LogP contribution in [0.25, 0.3) is 0 Å². The summed E-state index contributed by atoms with van der Waals surface area (Å²) < 4.78 is 11.2. The van der Waals surface area contributed by atoms with E-state index in [9.17, 15) is 4.79 Å². The predicted octanol–water partition coefficient (Wildman–Crippen LogP) is 3.49. The molecule has 27 heavy (non-hydrogen) atoms. The van der Waals surface area contributed by atoms with Gasteiger partial charge in [-0.3, -0.25) is 4.79 Å². The van der Waals surface area contributed by atoms with Crippen molar-refractivity contribution in [3.05, 3.63) is 47.1 Å². The van der Waals surface area contributed by atoms with Crippen molar-refractivity contribution < 1.29 is 14.3 Å². The second-order valence-electron chi connectivity index (χ2n) is 6.13. The zero-order valence-electron chi connectivity index (χ0n) is 15.7. The first-order chi connectivity index (χ1) is 13.1. The summed E-state index contributed by atoms with van der Waals surface area (Å²) in [5, 5.41) is 0.476. The lowest BCUT2D eigenvalue weighted by molar-refractivity contribution is 0.0746. The van der Waals surface area contributed by atoms with Gasteiger partial charge in [-0.25, -0.2) is 4.98 Å². The Kier molecular flexibility index (Phi) is 6.40. The molecule has 2 heterocycles. The van der Waals surface area contributed by atoms with Crippen LogP contribution in [0.4, 0.5) is 5.82 Å². The summed E-state index contributed by atoms with van der Waals surface area (Å²) >= 11 is 5.97. The third kappa shape index (κ3) is 4.63. The van der Waals surface area contributed by atoms with E-state index in [0.717, 1.165) is 5.82 Å². The topological polar surface area (TPSA) is 54.9 Å².